The van der Waals surface area contributed by atoms with Crippen molar-refractivity contribution in [2.24, 2.45) is 0 Å². The Morgan fingerprint density at radius 1 is 1.00 bits per heavy atom. The molecule has 0 aliphatic carbocycles. The highest BCUT2D eigenvalue weighted by Gasteiger charge is 2.37. The number of hydrogen-bond donors (Lipinski definition) is 0. The SMILES string of the molecule is CC(C)(C)[Si](C)(C)OCC(Oc1ccc(-n2ccnc2)cc1)c1ccccc1. The van der Waals surface area contributed by atoms with Crippen LogP contribution in [0.4, 0.5) is 0 Å². The predicted molar refractivity (Wildman–Crippen MR) is 117 cm³/mol. The molecule has 0 aliphatic heterocycles. The van der Waals surface area contributed by atoms with Gasteiger partial charge in [-0.2, -0.15) is 0 Å². The van der Waals surface area contributed by atoms with Gasteiger partial charge in [-0.3, -0.25) is 0 Å². The van der Waals surface area contributed by atoms with E-state index >= 15 is 0 Å². The number of benzene rings is 2. The summed E-state index contributed by atoms with van der Waals surface area (Å²) < 4.78 is 14.8. The van der Waals surface area contributed by atoms with Crippen LogP contribution in [0.1, 0.15) is 32.4 Å². The maximum atomic E-state index is 6.47. The summed E-state index contributed by atoms with van der Waals surface area (Å²) in [5.74, 6) is 0.830. The van der Waals surface area contributed by atoms with E-state index in [9.17, 15) is 0 Å². The molecule has 1 heterocycles. The third-order valence-corrected chi connectivity index (χ3v) is 9.99. The molecule has 148 valence electrons. The second-order valence-corrected chi connectivity index (χ2v) is 13.4. The van der Waals surface area contributed by atoms with Crippen molar-refractivity contribution in [1.82, 2.24) is 9.55 Å². The highest BCUT2D eigenvalue weighted by atomic mass is 28.4. The molecule has 28 heavy (non-hydrogen) atoms. The van der Waals surface area contributed by atoms with E-state index in [4.69, 9.17) is 9.16 Å². The Bertz CT molecular complexity index is 854. The lowest BCUT2D eigenvalue weighted by molar-refractivity contribution is 0.121. The summed E-state index contributed by atoms with van der Waals surface area (Å²) in [5, 5.41) is 0.167. The number of rotatable bonds is 7. The first kappa shape index (κ1) is 20.4. The first-order valence-corrected chi connectivity index (χ1v) is 12.6. The summed E-state index contributed by atoms with van der Waals surface area (Å²) in [5.41, 5.74) is 2.18. The highest BCUT2D eigenvalue weighted by molar-refractivity contribution is 6.74. The van der Waals surface area contributed by atoms with Gasteiger partial charge in [-0.05, 0) is 48.0 Å². The Morgan fingerprint density at radius 2 is 1.68 bits per heavy atom. The number of imidazole rings is 1. The molecule has 2 aromatic carbocycles. The first-order valence-electron chi connectivity index (χ1n) is 9.70. The van der Waals surface area contributed by atoms with Crippen LogP contribution in [0.15, 0.2) is 73.3 Å². The lowest BCUT2D eigenvalue weighted by atomic mass is 10.1. The van der Waals surface area contributed by atoms with Gasteiger partial charge in [0.15, 0.2) is 8.32 Å². The number of ether oxygens (including phenoxy) is 1. The highest BCUT2D eigenvalue weighted by Crippen LogP contribution is 2.37. The molecule has 0 N–H and O–H groups in total. The molecule has 0 saturated carbocycles. The molecule has 3 rings (SSSR count). The molecule has 3 aromatic rings. The topological polar surface area (TPSA) is 36.3 Å². The van der Waals surface area contributed by atoms with E-state index < -0.39 is 8.32 Å². The predicted octanol–water partition coefficient (Wildman–Crippen LogP) is 6.01. The van der Waals surface area contributed by atoms with Crippen molar-refractivity contribution in [3.63, 3.8) is 0 Å². The second kappa shape index (κ2) is 8.33. The van der Waals surface area contributed by atoms with E-state index in [2.05, 4.69) is 51.0 Å². The molecule has 1 atom stereocenters. The molecule has 4 nitrogen and oxygen atoms in total. The van der Waals surface area contributed by atoms with Crippen molar-refractivity contribution in [2.75, 3.05) is 6.61 Å². The molecule has 0 spiro atoms. The molecule has 0 aliphatic rings. The van der Waals surface area contributed by atoms with Crippen molar-refractivity contribution in [2.45, 2.75) is 45.0 Å². The number of aromatic nitrogens is 2. The average Bonchev–Trinajstić information content (AvgIpc) is 3.20. The first-order chi connectivity index (χ1) is 13.3. The average molecular weight is 395 g/mol. The van der Waals surface area contributed by atoms with Gasteiger partial charge >= 0.3 is 0 Å². The van der Waals surface area contributed by atoms with Gasteiger partial charge in [0.25, 0.3) is 0 Å². The molecule has 0 fully saturated rings. The standard InChI is InChI=1S/C23H30N2O2Si/c1-23(2,3)28(4,5)26-17-22(19-9-7-6-8-10-19)27-21-13-11-20(12-14-21)25-16-15-24-18-25/h6-16,18,22H,17H2,1-5H3. The van der Waals surface area contributed by atoms with Crippen molar-refractivity contribution in [1.29, 1.82) is 0 Å². The van der Waals surface area contributed by atoms with Crippen LogP contribution in [0, 0.1) is 0 Å². The van der Waals surface area contributed by atoms with Gasteiger partial charge in [0.05, 0.1) is 12.9 Å². The summed E-state index contributed by atoms with van der Waals surface area (Å²) in [4.78, 5) is 4.10. The smallest absolute Gasteiger partial charge is 0.192 e. The fourth-order valence-electron chi connectivity index (χ4n) is 2.64. The number of hydrogen-bond acceptors (Lipinski definition) is 3. The molecule has 0 saturated heterocycles. The quantitative estimate of drug-likeness (QED) is 0.460. The Labute approximate surface area is 169 Å². The van der Waals surface area contributed by atoms with Crippen molar-refractivity contribution in [3.8, 4) is 11.4 Å². The maximum Gasteiger partial charge on any atom is 0.192 e. The van der Waals surface area contributed by atoms with Gasteiger partial charge in [0, 0.05) is 18.1 Å². The fourth-order valence-corrected chi connectivity index (χ4v) is 3.64. The summed E-state index contributed by atoms with van der Waals surface area (Å²) in [6.07, 6.45) is 5.34. The van der Waals surface area contributed by atoms with E-state index in [0.717, 1.165) is 17.0 Å². The van der Waals surface area contributed by atoms with E-state index in [1.807, 2.05) is 53.2 Å². The van der Waals surface area contributed by atoms with Crippen molar-refractivity contribution >= 4 is 8.32 Å². The van der Waals surface area contributed by atoms with Crippen LogP contribution in [-0.2, 0) is 4.43 Å². The van der Waals surface area contributed by atoms with Crippen LogP contribution in [0.2, 0.25) is 18.1 Å². The van der Waals surface area contributed by atoms with Gasteiger partial charge in [0.1, 0.15) is 11.9 Å². The Balaban J connectivity index is 1.76. The van der Waals surface area contributed by atoms with Crippen molar-refractivity contribution < 1.29 is 9.16 Å². The molecule has 0 radical (unpaired) electrons. The van der Waals surface area contributed by atoms with Crippen LogP contribution in [-0.4, -0.2) is 24.5 Å². The lowest BCUT2D eigenvalue weighted by Crippen LogP contribution is -2.42. The van der Waals surface area contributed by atoms with Crippen LogP contribution in [0.5, 0.6) is 5.75 Å². The Hall–Kier alpha value is -2.37. The normalized spacial score (nSPS) is 13.3. The molecule has 0 bridgehead atoms. The van der Waals surface area contributed by atoms with E-state index in [-0.39, 0.29) is 11.1 Å². The van der Waals surface area contributed by atoms with Gasteiger partial charge in [-0.25, -0.2) is 4.98 Å². The fraction of sp³-hybridized carbons (Fsp3) is 0.348. The monoisotopic (exact) mass is 394 g/mol. The minimum atomic E-state index is -1.85. The minimum absolute atomic E-state index is 0.144. The molecular formula is C23H30N2O2Si. The van der Waals surface area contributed by atoms with Crippen LogP contribution >= 0.6 is 0 Å². The maximum absolute atomic E-state index is 6.47. The summed E-state index contributed by atoms with van der Waals surface area (Å²) in [7, 11) is -1.85. The van der Waals surface area contributed by atoms with Gasteiger partial charge in [0.2, 0.25) is 0 Å². The third kappa shape index (κ3) is 4.91. The van der Waals surface area contributed by atoms with E-state index in [1.54, 1.807) is 12.5 Å². The summed E-state index contributed by atoms with van der Waals surface area (Å²) in [6.45, 7) is 11.9. The van der Waals surface area contributed by atoms with Crippen LogP contribution in [0.3, 0.4) is 0 Å². The van der Waals surface area contributed by atoms with Gasteiger partial charge in [-0.1, -0.05) is 51.1 Å². The minimum Gasteiger partial charge on any atom is -0.483 e. The van der Waals surface area contributed by atoms with Gasteiger partial charge in [-0.15, -0.1) is 0 Å². The summed E-state index contributed by atoms with van der Waals surface area (Å²) in [6, 6.07) is 18.4. The molecular weight excluding hydrogens is 364 g/mol. The number of nitrogens with zero attached hydrogens (tertiary/aromatic N) is 2. The van der Waals surface area contributed by atoms with E-state index in [0.29, 0.717) is 6.61 Å². The third-order valence-electron chi connectivity index (χ3n) is 5.49. The van der Waals surface area contributed by atoms with Crippen molar-refractivity contribution in [3.05, 3.63) is 78.9 Å². The molecule has 1 unspecified atom stereocenters. The molecule has 5 heteroatoms. The zero-order chi connectivity index (χ0) is 20.2. The zero-order valence-corrected chi connectivity index (χ0v) is 18.4. The lowest BCUT2D eigenvalue weighted by Gasteiger charge is -2.37. The van der Waals surface area contributed by atoms with Crippen LogP contribution in [0.25, 0.3) is 5.69 Å². The van der Waals surface area contributed by atoms with Crippen LogP contribution < -0.4 is 4.74 Å². The van der Waals surface area contributed by atoms with Gasteiger partial charge < -0.3 is 13.7 Å². The molecule has 0 amide bonds. The second-order valence-electron chi connectivity index (χ2n) is 8.55. The Kier molecular flexibility index (Phi) is 6.06. The largest absolute Gasteiger partial charge is 0.483 e. The van der Waals surface area contributed by atoms with E-state index in [1.165, 1.54) is 0 Å². The molecule has 1 aromatic heterocycles. The summed E-state index contributed by atoms with van der Waals surface area (Å²) >= 11 is 0. The zero-order valence-electron chi connectivity index (χ0n) is 17.4. The Morgan fingerprint density at radius 3 is 2.25 bits per heavy atom.